The number of ether oxygens (including phenoxy) is 2. The molecule has 6 rings (SSSR count). The summed E-state index contributed by atoms with van der Waals surface area (Å²) in [4.78, 5) is 8.60. The molecular formula is C30H32N6O4S. The van der Waals surface area contributed by atoms with Crippen molar-refractivity contribution in [3.63, 3.8) is 0 Å². The predicted octanol–water partition coefficient (Wildman–Crippen LogP) is 4.51. The maximum Gasteiger partial charge on any atom is 0.267 e. The number of nitrogens with zero attached hydrogens (tertiary/aromatic N) is 3. The molecule has 4 aromatic rings. The van der Waals surface area contributed by atoms with E-state index in [0.717, 1.165) is 60.2 Å². The fourth-order valence-corrected chi connectivity index (χ4v) is 6.32. The predicted molar refractivity (Wildman–Crippen MR) is 161 cm³/mol. The van der Waals surface area contributed by atoms with Gasteiger partial charge in [0, 0.05) is 41.9 Å². The molecule has 1 saturated heterocycles. The number of benzene rings is 3. The van der Waals surface area contributed by atoms with Crippen LogP contribution < -0.4 is 30.3 Å². The SMILES string of the molecule is COc1ncc(-c2ccc3c(c2)N(c2ccc(N4CCOCC4)cc2)C(N)N3)cc1S(=O)(=O)Nc1ccc(C)cc1. The third-order valence-electron chi connectivity index (χ3n) is 7.28. The Morgan fingerprint density at radius 2 is 1.68 bits per heavy atom. The summed E-state index contributed by atoms with van der Waals surface area (Å²) in [5.74, 6) is 0.0141. The highest BCUT2D eigenvalue weighted by Gasteiger charge is 2.28. The monoisotopic (exact) mass is 572 g/mol. The zero-order valence-electron chi connectivity index (χ0n) is 22.9. The summed E-state index contributed by atoms with van der Waals surface area (Å²) >= 11 is 0. The Kier molecular flexibility index (Phi) is 7.16. The number of nitrogens with one attached hydrogen (secondary N) is 2. The average molecular weight is 573 g/mol. The highest BCUT2D eigenvalue weighted by molar-refractivity contribution is 7.92. The van der Waals surface area contributed by atoms with E-state index in [-0.39, 0.29) is 10.8 Å². The Hall–Kier alpha value is -4.32. The molecule has 1 fully saturated rings. The number of morpholine rings is 1. The largest absolute Gasteiger partial charge is 0.480 e. The van der Waals surface area contributed by atoms with Gasteiger partial charge in [0.2, 0.25) is 5.88 Å². The van der Waals surface area contributed by atoms with Gasteiger partial charge in [-0.15, -0.1) is 0 Å². The lowest BCUT2D eigenvalue weighted by Crippen LogP contribution is -2.40. The number of nitrogens with two attached hydrogens (primary N) is 1. The minimum atomic E-state index is -3.98. The van der Waals surface area contributed by atoms with Gasteiger partial charge in [-0.05, 0) is 67.1 Å². The van der Waals surface area contributed by atoms with Gasteiger partial charge in [-0.25, -0.2) is 13.4 Å². The molecule has 0 spiro atoms. The molecule has 4 N–H and O–H groups in total. The summed E-state index contributed by atoms with van der Waals surface area (Å²) in [6, 6.07) is 22.9. The molecule has 0 saturated carbocycles. The molecule has 0 bridgehead atoms. The molecule has 3 aromatic carbocycles. The van der Waals surface area contributed by atoms with Gasteiger partial charge in [0.05, 0.1) is 31.7 Å². The zero-order valence-corrected chi connectivity index (χ0v) is 23.7. The third-order valence-corrected chi connectivity index (χ3v) is 8.66. The first kappa shape index (κ1) is 26.9. The zero-order chi connectivity index (χ0) is 28.6. The van der Waals surface area contributed by atoms with Crippen LogP contribution in [0.5, 0.6) is 5.88 Å². The maximum absolute atomic E-state index is 13.4. The number of methoxy groups -OCH3 is 1. The second-order valence-corrected chi connectivity index (χ2v) is 11.7. The Balaban J connectivity index is 1.32. The lowest BCUT2D eigenvalue weighted by Gasteiger charge is -2.30. The first-order valence-electron chi connectivity index (χ1n) is 13.3. The molecule has 3 heterocycles. The molecule has 0 aliphatic carbocycles. The van der Waals surface area contributed by atoms with Gasteiger partial charge in [0.1, 0.15) is 4.90 Å². The second-order valence-electron chi connectivity index (χ2n) is 10.0. The van der Waals surface area contributed by atoms with Crippen LogP contribution in [0.1, 0.15) is 5.56 Å². The summed E-state index contributed by atoms with van der Waals surface area (Å²) in [5.41, 5.74) is 13.3. The van der Waals surface area contributed by atoms with E-state index in [9.17, 15) is 8.42 Å². The molecule has 1 unspecified atom stereocenters. The van der Waals surface area contributed by atoms with Gasteiger partial charge < -0.3 is 24.6 Å². The Morgan fingerprint density at radius 1 is 0.976 bits per heavy atom. The lowest BCUT2D eigenvalue weighted by molar-refractivity contribution is 0.122. The van der Waals surface area contributed by atoms with Crippen LogP contribution in [0.15, 0.2) is 83.9 Å². The van der Waals surface area contributed by atoms with E-state index in [0.29, 0.717) is 11.3 Å². The van der Waals surface area contributed by atoms with Crippen LogP contribution in [0.25, 0.3) is 11.1 Å². The van der Waals surface area contributed by atoms with Crippen LogP contribution in [0.4, 0.5) is 28.4 Å². The molecule has 0 radical (unpaired) electrons. The number of fused-ring (bicyclic) bond motifs is 1. The molecule has 212 valence electrons. The average Bonchev–Trinajstić information content (AvgIpc) is 3.33. The molecule has 10 nitrogen and oxygen atoms in total. The summed E-state index contributed by atoms with van der Waals surface area (Å²) in [5, 5.41) is 3.32. The van der Waals surface area contributed by atoms with Crippen LogP contribution in [0.2, 0.25) is 0 Å². The molecular weight excluding hydrogens is 540 g/mol. The normalized spacial score (nSPS) is 16.7. The van der Waals surface area contributed by atoms with Crippen LogP contribution in [0, 0.1) is 6.92 Å². The summed E-state index contributed by atoms with van der Waals surface area (Å²) in [6.07, 6.45) is 1.15. The van der Waals surface area contributed by atoms with Crippen molar-refractivity contribution in [2.75, 3.05) is 53.3 Å². The van der Waals surface area contributed by atoms with Crippen molar-refractivity contribution < 1.29 is 17.9 Å². The number of rotatable bonds is 7. The van der Waals surface area contributed by atoms with Crippen LogP contribution in [-0.2, 0) is 14.8 Å². The minimum absolute atomic E-state index is 0.0141. The summed E-state index contributed by atoms with van der Waals surface area (Å²) in [6.45, 7) is 5.12. The Labute approximate surface area is 239 Å². The van der Waals surface area contributed by atoms with Crippen molar-refractivity contribution in [1.82, 2.24) is 4.98 Å². The van der Waals surface area contributed by atoms with E-state index >= 15 is 0 Å². The van der Waals surface area contributed by atoms with Crippen molar-refractivity contribution >= 4 is 38.5 Å². The van der Waals surface area contributed by atoms with E-state index in [2.05, 4.69) is 44.2 Å². The number of hydrogen-bond acceptors (Lipinski definition) is 9. The molecule has 2 aliphatic heterocycles. The van der Waals surface area contributed by atoms with Gasteiger partial charge in [-0.2, -0.15) is 0 Å². The topological polar surface area (TPSA) is 122 Å². The lowest BCUT2D eigenvalue weighted by atomic mass is 10.1. The van der Waals surface area contributed by atoms with Crippen molar-refractivity contribution in [2.24, 2.45) is 5.73 Å². The molecule has 2 aliphatic rings. The highest BCUT2D eigenvalue weighted by Crippen LogP contribution is 2.42. The summed E-state index contributed by atoms with van der Waals surface area (Å²) in [7, 11) is -2.58. The number of pyridine rings is 1. The first-order valence-corrected chi connectivity index (χ1v) is 14.8. The van der Waals surface area contributed by atoms with Gasteiger partial charge >= 0.3 is 0 Å². The quantitative estimate of drug-likeness (QED) is 0.294. The first-order chi connectivity index (χ1) is 19.8. The number of sulfonamides is 1. The van der Waals surface area contributed by atoms with E-state index in [4.69, 9.17) is 15.2 Å². The number of aryl methyl sites for hydroxylation is 1. The Morgan fingerprint density at radius 3 is 2.39 bits per heavy atom. The van der Waals surface area contributed by atoms with Crippen molar-refractivity contribution in [1.29, 1.82) is 0 Å². The van der Waals surface area contributed by atoms with E-state index in [1.807, 2.05) is 42.2 Å². The molecule has 1 atom stereocenters. The Bertz CT molecular complexity index is 1660. The molecule has 1 aromatic heterocycles. The number of aromatic nitrogens is 1. The molecule has 41 heavy (non-hydrogen) atoms. The third kappa shape index (κ3) is 5.39. The van der Waals surface area contributed by atoms with E-state index in [1.54, 1.807) is 24.4 Å². The van der Waals surface area contributed by atoms with Gasteiger partial charge in [0.25, 0.3) is 10.0 Å². The maximum atomic E-state index is 13.4. The fourth-order valence-electron chi connectivity index (χ4n) is 5.12. The van der Waals surface area contributed by atoms with Crippen LogP contribution in [-0.4, -0.2) is 53.1 Å². The minimum Gasteiger partial charge on any atom is -0.480 e. The van der Waals surface area contributed by atoms with E-state index in [1.165, 1.54) is 7.11 Å². The van der Waals surface area contributed by atoms with Crippen molar-refractivity contribution in [2.45, 2.75) is 18.1 Å². The number of hydrogen-bond donors (Lipinski definition) is 3. The summed E-state index contributed by atoms with van der Waals surface area (Å²) < 4.78 is 40.2. The van der Waals surface area contributed by atoms with Crippen molar-refractivity contribution in [3.05, 3.63) is 84.6 Å². The van der Waals surface area contributed by atoms with Crippen molar-refractivity contribution in [3.8, 4) is 17.0 Å². The van der Waals surface area contributed by atoms with Gasteiger partial charge in [-0.3, -0.25) is 10.5 Å². The standard InChI is InChI=1S/C30H32N6O4S/c1-20-3-6-23(7-4-20)34-41(37,38)28-18-22(19-32-29(28)39-2)21-5-12-26-27(17-21)36(30(31)33-26)25-10-8-24(9-11-25)35-13-15-40-16-14-35/h3-12,17-19,30,33-34H,13-16,31H2,1-2H3. The van der Waals surface area contributed by atoms with Crippen LogP contribution in [0.3, 0.4) is 0 Å². The van der Waals surface area contributed by atoms with E-state index < -0.39 is 16.3 Å². The van der Waals surface area contributed by atoms with Gasteiger partial charge in [-0.1, -0.05) is 23.8 Å². The number of anilines is 5. The smallest absolute Gasteiger partial charge is 0.267 e. The molecule has 0 amide bonds. The highest BCUT2D eigenvalue weighted by atomic mass is 32.2. The fraction of sp³-hybridized carbons (Fsp3) is 0.233. The van der Waals surface area contributed by atoms with Crippen LogP contribution >= 0.6 is 0 Å². The second kappa shape index (κ2) is 10.9. The molecule has 11 heteroatoms. The van der Waals surface area contributed by atoms with Gasteiger partial charge in [0.15, 0.2) is 6.29 Å².